The van der Waals surface area contributed by atoms with E-state index in [4.69, 9.17) is 0 Å². The summed E-state index contributed by atoms with van der Waals surface area (Å²) in [6.07, 6.45) is 1.05. The minimum atomic E-state index is 0. The molecule has 4 nitrogen and oxygen atoms in total. The molecule has 0 radical (unpaired) electrons. The number of carbonyl (C=O) groups is 1. The number of rotatable bonds is 4. The van der Waals surface area contributed by atoms with Gasteiger partial charge in [-0.1, -0.05) is 30.3 Å². The Kier molecular flexibility index (Phi) is 7.72. The second-order valence-electron chi connectivity index (χ2n) is 5.54. The molecule has 1 aliphatic rings. The highest BCUT2D eigenvalue weighted by atomic mass is 35.5. The maximum absolute atomic E-state index is 12.1. The van der Waals surface area contributed by atoms with Gasteiger partial charge in [0.25, 0.3) is 0 Å². The van der Waals surface area contributed by atoms with Crippen LogP contribution < -0.4 is 5.32 Å². The van der Waals surface area contributed by atoms with E-state index in [0.717, 1.165) is 32.6 Å². The highest BCUT2D eigenvalue weighted by Gasteiger charge is 2.24. The Labute approximate surface area is 133 Å². The minimum absolute atomic E-state index is 0. The van der Waals surface area contributed by atoms with Crippen LogP contribution in [0.5, 0.6) is 0 Å². The van der Waals surface area contributed by atoms with E-state index in [1.165, 1.54) is 5.56 Å². The zero-order valence-electron chi connectivity index (χ0n) is 12.9. The third-order valence-corrected chi connectivity index (χ3v) is 3.83. The average molecular weight is 312 g/mol. The highest BCUT2D eigenvalue weighted by molar-refractivity contribution is 5.85. The normalized spacial score (nSPS) is 19.7. The molecule has 1 aromatic carbocycles. The largest absolute Gasteiger partial charge is 0.338 e. The summed E-state index contributed by atoms with van der Waals surface area (Å²) in [5.74, 6) is 0.210. The van der Waals surface area contributed by atoms with Gasteiger partial charge in [-0.25, -0.2) is 0 Å². The van der Waals surface area contributed by atoms with Gasteiger partial charge in [-0.3, -0.25) is 9.69 Å². The molecule has 1 saturated heterocycles. The summed E-state index contributed by atoms with van der Waals surface area (Å²) >= 11 is 0. The van der Waals surface area contributed by atoms with Crippen LogP contribution in [0, 0.1) is 0 Å². The summed E-state index contributed by atoms with van der Waals surface area (Å²) in [7, 11) is 1.82. The van der Waals surface area contributed by atoms with Crippen molar-refractivity contribution in [3.63, 3.8) is 0 Å². The molecule has 0 spiro atoms. The van der Waals surface area contributed by atoms with Crippen LogP contribution in [0.4, 0.5) is 0 Å². The summed E-state index contributed by atoms with van der Waals surface area (Å²) in [6, 6.07) is 10.8. The zero-order chi connectivity index (χ0) is 14.4. The van der Waals surface area contributed by atoms with Gasteiger partial charge in [-0.05, 0) is 26.0 Å². The Morgan fingerprint density at radius 3 is 2.67 bits per heavy atom. The lowest BCUT2D eigenvalue weighted by atomic mass is 10.2. The molecule has 21 heavy (non-hydrogen) atoms. The Morgan fingerprint density at radius 1 is 1.29 bits per heavy atom. The standard InChI is InChI=1S/C16H25N3O.ClH/c1-14-12-18(13-15-7-4-3-5-8-15)9-6-10-19(14)16(20)11-17-2;/h3-5,7-8,14,17H,6,9-13H2,1-2H3;1H. The molecular formula is C16H26ClN3O. The number of amides is 1. The first kappa shape index (κ1) is 18.0. The summed E-state index contributed by atoms with van der Waals surface area (Å²) in [6.45, 7) is 6.43. The van der Waals surface area contributed by atoms with Crippen molar-refractivity contribution in [2.24, 2.45) is 0 Å². The first-order valence-electron chi connectivity index (χ1n) is 7.41. The number of likely N-dealkylation sites (N-methyl/N-ethyl adjacent to an activating group) is 1. The highest BCUT2D eigenvalue weighted by Crippen LogP contribution is 2.13. The number of nitrogens with zero attached hydrogens (tertiary/aromatic N) is 2. The quantitative estimate of drug-likeness (QED) is 0.920. The van der Waals surface area contributed by atoms with Crippen LogP contribution in [0.25, 0.3) is 0 Å². The second kappa shape index (κ2) is 9.03. The molecule has 0 aromatic heterocycles. The molecule has 2 rings (SSSR count). The molecule has 118 valence electrons. The lowest BCUT2D eigenvalue weighted by molar-refractivity contribution is -0.132. The first-order chi connectivity index (χ1) is 9.70. The fraction of sp³-hybridized carbons (Fsp3) is 0.562. The Hall–Kier alpha value is -1.10. The summed E-state index contributed by atoms with van der Waals surface area (Å²) < 4.78 is 0. The second-order valence-corrected chi connectivity index (χ2v) is 5.54. The van der Waals surface area contributed by atoms with Gasteiger partial charge in [0.05, 0.1) is 6.54 Å². The van der Waals surface area contributed by atoms with Crippen molar-refractivity contribution in [1.82, 2.24) is 15.1 Å². The van der Waals surface area contributed by atoms with E-state index in [-0.39, 0.29) is 24.4 Å². The molecule has 1 amide bonds. The van der Waals surface area contributed by atoms with Gasteiger partial charge >= 0.3 is 0 Å². The molecule has 1 fully saturated rings. The third-order valence-electron chi connectivity index (χ3n) is 3.83. The molecule has 1 unspecified atom stereocenters. The van der Waals surface area contributed by atoms with Crippen molar-refractivity contribution in [2.45, 2.75) is 25.9 Å². The first-order valence-corrected chi connectivity index (χ1v) is 7.41. The molecular weight excluding hydrogens is 286 g/mol. The van der Waals surface area contributed by atoms with E-state index >= 15 is 0 Å². The number of benzene rings is 1. The van der Waals surface area contributed by atoms with Gasteiger partial charge in [-0.2, -0.15) is 0 Å². The topological polar surface area (TPSA) is 35.6 Å². The van der Waals surface area contributed by atoms with Crippen LogP contribution in [0.15, 0.2) is 30.3 Å². The number of nitrogens with one attached hydrogen (secondary N) is 1. The molecule has 5 heteroatoms. The fourth-order valence-electron chi connectivity index (χ4n) is 2.86. The van der Waals surface area contributed by atoms with Gasteiger partial charge in [-0.15, -0.1) is 12.4 Å². The maximum atomic E-state index is 12.1. The average Bonchev–Trinajstić information content (AvgIpc) is 2.61. The Morgan fingerprint density at radius 2 is 2.00 bits per heavy atom. The van der Waals surface area contributed by atoms with E-state index in [1.54, 1.807) is 0 Å². The third kappa shape index (κ3) is 5.30. The lowest BCUT2D eigenvalue weighted by Gasteiger charge is -2.29. The van der Waals surface area contributed by atoms with Crippen molar-refractivity contribution >= 4 is 18.3 Å². The van der Waals surface area contributed by atoms with Crippen LogP contribution in [0.2, 0.25) is 0 Å². The molecule has 0 bridgehead atoms. The van der Waals surface area contributed by atoms with Crippen molar-refractivity contribution < 1.29 is 4.79 Å². The maximum Gasteiger partial charge on any atom is 0.236 e. The van der Waals surface area contributed by atoms with E-state index in [9.17, 15) is 4.79 Å². The van der Waals surface area contributed by atoms with E-state index < -0.39 is 0 Å². The van der Waals surface area contributed by atoms with Gasteiger partial charge in [0.2, 0.25) is 5.91 Å². The SMILES string of the molecule is CNCC(=O)N1CCCN(Cc2ccccc2)CC1C.Cl. The van der Waals surface area contributed by atoms with E-state index in [1.807, 2.05) is 18.0 Å². The minimum Gasteiger partial charge on any atom is -0.338 e. The van der Waals surface area contributed by atoms with Crippen LogP contribution in [0.3, 0.4) is 0 Å². The summed E-state index contributed by atoms with van der Waals surface area (Å²) in [4.78, 5) is 16.5. The molecule has 1 atom stereocenters. The number of hydrogen-bond acceptors (Lipinski definition) is 3. The predicted octanol–water partition coefficient (Wildman–Crippen LogP) is 1.75. The molecule has 1 heterocycles. The molecule has 1 N–H and O–H groups in total. The fourth-order valence-corrected chi connectivity index (χ4v) is 2.86. The number of hydrogen-bond donors (Lipinski definition) is 1. The molecule has 1 aromatic rings. The van der Waals surface area contributed by atoms with Crippen molar-refractivity contribution in [1.29, 1.82) is 0 Å². The summed E-state index contributed by atoms with van der Waals surface area (Å²) in [5, 5.41) is 2.95. The smallest absolute Gasteiger partial charge is 0.236 e. The number of halogens is 1. The monoisotopic (exact) mass is 311 g/mol. The van der Waals surface area contributed by atoms with Crippen LogP contribution in [0.1, 0.15) is 18.9 Å². The van der Waals surface area contributed by atoms with Gasteiger partial charge < -0.3 is 10.2 Å². The van der Waals surface area contributed by atoms with E-state index in [2.05, 4.69) is 41.4 Å². The van der Waals surface area contributed by atoms with Crippen molar-refractivity contribution in [2.75, 3.05) is 33.2 Å². The van der Waals surface area contributed by atoms with Crippen LogP contribution in [-0.2, 0) is 11.3 Å². The molecule has 0 aliphatic carbocycles. The Bertz CT molecular complexity index is 427. The predicted molar refractivity (Wildman–Crippen MR) is 88.7 cm³/mol. The van der Waals surface area contributed by atoms with Gasteiger partial charge in [0, 0.05) is 32.2 Å². The summed E-state index contributed by atoms with van der Waals surface area (Å²) in [5.41, 5.74) is 1.34. The van der Waals surface area contributed by atoms with Gasteiger partial charge in [0.1, 0.15) is 0 Å². The van der Waals surface area contributed by atoms with Crippen molar-refractivity contribution in [3.8, 4) is 0 Å². The molecule has 1 aliphatic heterocycles. The van der Waals surface area contributed by atoms with Crippen molar-refractivity contribution in [3.05, 3.63) is 35.9 Å². The zero-order valence-corrected chi connectivity index (χ0v) is 13.7. The van der Waals surface area contributed by atoms with Crippen LogP contribution >= 0.6 is 12.4 Å². The van der Waals surface area contributed by atoms with Gasteiger partial charge in [0.15, 0.2) is 0 Å². The Balaban J connectivity index is 0.00000220. The molecule has 0 saturated carbocycles. The number of carbonyl (C=O) groups excluding carboxylic acids is 1. The lowest BCUT2D eigenvalue weighted by Crippen LogP contribution is -2.45. The van der Waals surface area contributed by atoms with Crippen LogP contribution in [-0.4, -0.2) is 55.0 Å². The van der Waals surface area contributed by atoms with E-state index in [0.29, 0.717) is 6.54 Å².